The van der Waals surface area contributed by atoms with Crippen molar-refractivity contribution < 1.29 is 24.2 Å². The monoisotopic (exact) mass is 384 g/mol. The Morgan fingerprint density at radius 1 is 0.929 bits per heavy atom. The van der Waals surface area contributed by atoms with Crippen LogP contribution in [-0.4, -0.2) is 36.0 Å². The molecule has 0 spiro atoms. The highest BCUT2D eigenvalue weighted by Crippen LogP contribution is 2.21. The summed E-state index contributed by atoms with van der Waals surface area (Å²) in [6.45, 7) is 6.73. The summed E-state index contributed by atoms with van der Waals surface area (Å²) in [5.41, 5.74) is 4.44. The van der Waals surface area contributed by atoms with E-state index in [4.69, 9.17) is 4.74 Å². The van der Waals surface area contributed by atoms with Gasteiger partial charge in [-0.3, -0.25) is 9.59 Å². The van der Waals surface area contributed by atoms with Crippen molar-refractivity contribution in [3.05, 3.63) is 58.1 Å². The van der Waals surface area contributed by atoms with E-state index in [2.05, 4.69) is 10.6 Å². The second-order valence-electron chi connectivity index (χ2n) is 6.70. The molecule has 148 valence electrons. The number of rotatable bonds is 6. The van der Waals surface area contributed by atoms with E-state index in [9.17, 15) is 19.5 Å². The Morgan fingerprint density at radius 3 is 2.21 bits per heavy atom. The number of carbonyl (C=O) groups excluding carboxylic acids is 3. The van der Waals surface area contributed by atoms with Gasteiger partial charge < -0.3 is 20.5 Å². The first-order valence-electron chi connectivity index (χ1n) is 8.78. The number of nitrogens with one attached hydrogen (secondary N) is 2. The predicted octanol–water partition coefficient (Wildman–Crippen LogP) is 2.54. The molecule has 0 atom stereocenters. The van der Waals surface area contributed by atoms with Gasteiger partial charge >= 0.3 is 5.97 Å². The zero-order chi connectivity index (χ0) is 20.8. The molecule has 0 fully saturated rings. The lowest BCUT2D eigenvalue weighted by Crippen LogP contribution is -2.35. The van der Waals surface area contributed by atoms with Crippen LogP contribution in [0.25, 0.3) is 0 Å². The average Bonchev–Trinajstić information content (AvgIpc) is 2.62. The number of aromatic hydroxyl groups is 1. The number of phenols is 1. The van der Waals surface area contributed by atoms with Crippen molar-refractivity contribution in [1.82, 2.24) is 5.32 Å². The van der Waals surface area contributed by atoms with Gasteiger partial charge in [-0.05, 0) is 51.0 Å². The molecular formula is C21H24N2O5. The normalized spacial score (nSPS) is 10.3. The number of ether oxygens (including phenoxy) is 1. The number of amides is 2. The Hall–Kier alpha value is -3.35. The maximum Gasteiger partial charge on any atom is 0.342 e. The van der Waals surface area contributed by atoms with Crippen molar-refractivity contribution in [3.8, 4) is 5.75 Å². The Labute approximate surface area is 163 Å². The molecule has 3 N–H and O–H groups in total. The molecule has 7 nitrogen and oxygen atoms in total. The Balaban J connectivity index is 1.83. The predicted molar refractivity (Wildman–Crippen MR) is 105 cm³/mol. The van der Waals surface area contributed by atoms with E-state index in [1.165, 1.54) is 12.1 Å². The van der Waals surface area contributed by atoms with Gasteiger partial charge in [-0.1, -0.05) is 29.3 Å². The minimum Gasteiger partial charge on any atom is -0.507 e. The van der Waals surface area contributed by atoms with Gasteiger partial charge in [0.15, 0.2) is 6.61 Å². The Kier molecular flexibility index (Phi) is 6.76. The number of carbonyl (C=O) groups is 3. The molecular weight excluding hydrogens is 360 g/mol. The van der Waals surface area contributed by atoms with E-state index in [1.54, 1.807) is 13.0 Å². The van der Waals surface area contributed by atoms with Crippen molar-refractivity contribution in [2.75, 3.05) is 18.5 Å². The van der Waals surface area contributed by atoms with Crippen molar-refractivity contribution in [2.24, 2.45) is 0 Å². The topological polar surface area (TPSA) is 105 Å². The molecule has 0 aromatic heterocycles. The van der Waals surface area contributed by atoms with Crippen LogP contribution in [0.1, 0.15) is 32.6 Å². The third-order valence-corrected chi connectivity index (χ3v) is 4.09. The van der Waals surface area contributed by atoms with Crippen LogP contribution in [0.4, 0.5) is 5.69 Å². The third kappa shape index (κ3) is 5.57. The van der Waals surface area contributed by atoms with Crippen LogP contribution in [-0.2, 0) is 14.3 Å². The molecule has 0 bridgehead atoms. The van der Waals surface area contributed by atoms with Crippen molar-refractivity contribution in [3.63, 3.8) is 0 Å². The number of esters is 1. The zero-order valence-electron chi connectivity index (χ0n) is 16.4. The standard InChI is InChI=1S/C21H24N2O5/c1-12-5-6-17(24)16(9-12)21(27)28-11-19(26)22-10-18(25)23-20-14(3)7-13(2)8-15(20)4/h5-9,24H,10-11H2,1-4H3,(H,22,26)(H,23,25). The van der Waals surface area contributed by atoms with E-state index >= 15 is 0 Å². The van der Waals surface area contributed by atoms with Crippen LogP contribution in [0.3, 0.4) is 0 Å². The molecule has 0 unspecified atom stereocenters. The maximum atomic E-state index is 12.1. The van der Waals surface area contributed by atoms with E-state index in [0.29, 0.717) is 5.69 Å². The van der Waals surface area contributed by atoms with E-state index in [1.807, 2.05) is 32.9 Å². The minimum absolute atomic E-state index is 0.0177. The van der Waals surface area contributed by atoms with Gasteiger partial charge in [0.1, 0.15) is 11.3 Å². The van der Waals surface area contributed by atoms with Gasteiger partial charge in [-0.25, -0.2) is 4.79 Å². The fourth-order valence-electron chi connectivity index (χ4n) is 2.81. The summed E-state index contributed by atoms with van der Waals surface area (Å²) in [6.07, 6.45) is 0. The quantitative estimate of drug-likeness (QED) is 0.664. The van der Waals surface area contributed by atoms with E-state index in [-0.39, 0.29) is 23.8 Å². The molecule has 0 heterocycles. The summed E-state index contributed by atoms with van der Waals surface area (Å²) in [7, 11) is 0. The highest BCUT2D eigenvalue weighted by atomic mass is 16.5. The van der Waals surface area contributed by atoms with Gasteiger partial charge in [-0.2, -0.15) is 0 Å². The zero-order valence-corrected chi connectivity index (χ0v) is 16.4. The lowest BCUT2D eigenvalue weighted by molar-refractivity contribution is -0.126. The van der Waals surface area contributed by atoms with Crippen LogP contribution in [0, 0.1) is 27.7 Å². The number of hydrogen-bond acceptors (Lipinski definition) is 5. The van der Waals surface area contributed by atoms with Gasteiger partial charge in [0, 0.05) is 5.69 Å². The second kappa shape index (κ2) is 9.03. The van der Waals surface area contributed by atoms with E-state index < -0.39 is 18.5 Å². The number of phenolic OH excluding ortho intramolecular Hbond substituents is 1. The lowest BCUT2D eigenvalue weighted by atomic mass is 10.1. The number of anilines is 1. The molecule has 0 aliphatic carbocycles. The van der Waals surface area contributed by atoms with Crippen LogP contribution in [0.15, 0.2) is 30.3 Å². The van der Waals surface area contributed by atoms with Crippen LogP contribution < -0.4 is 10.6 Å². The largest absolute Gasteiger partial charge is 0.507 e. The molecule has 0 saturated heterocycles. The second-order valence-corrected chi connectivity index (χ2v) is 6.70. The third-order valence-electron chi connectivity index (χ3n) is 4.09. The SMILES string of the molecule is Cc1cc(C)c(NC(=O)CNC(=O)COC(=O)c2cc(C)ccc2O)c(C)c1. The summed E-state index contributed by atoms with van der Waals surface area (Å²) in [4.78, 5) is 35.9. The van der Waals surface area contributed by atoms with Crippen LogP contribution >= 0.6 is 0 Å². The number of benzene rings is 2. The Morgan fingerprint density at radius 2 is 1.57 bits per heavy atom. The minimum atomic E-state index is -0.813. The molecule has 28 heavy (non-hydrogen) atoms. The fourth-order valence-corrected chi connectivity index (χ4v) is 2.81. The molecule has 0 radical (unpaired) electrons. The summed E-state index contributed by atoms with van der Waals surface area (Å²) >= 11 is 0. The lowest BCUT2D eigenvalue weighted by Gasteiger charge is -2.13. The van der Waals surface area contributed by atoms with Crippen molar-refractivity contribution in [1.29, 1.82) is 0 Å². The molecule has 2 rings (SSSR count). The highest BCUT2D eigenvalue weighted by molar-refractivity contribution is 5.97. The summed E-state index contributed by atoms with van der Waals surface area (Å²) in [6, 6.07) is 8.41. The van der Waals surface area contributed by atoms with Crippen molar-refractivity contribution in [2.45, 2.75) is 27.7 Å². The van der Waals surface area contributed by atoms with Gasteiger partial charge in [0.2, 0.25) is 5.91 Å². The molecule has 0 aliphatic heterocycles. The Bertz CT molecular complexity index is 898. The van der Waals surface area contributed by atoms with Crippen molar-refractivity contribution >= 4 is 23.5 Å². The first-order valence-corrected chi connectivity index (χ1v) is 8.78. The molecule has 2 aromatic carbocycles. The molecule has 0 aliphatic rings. The molecule has 7 heteroatoms. The number of hydrogen-bond donors (Lipinski definition) is 3. The summed E-state index contributed by atoms with van der Waals surface area (Å²) in [5, 5.41) is 14.9. The van der Waals surface area contributed by atoms with Crippen LogP contribution in [0.5, 0.6) is 5.75 Å². The smallest absolute Gasteiger partial charge is 0.342 e. The van der Waals surface area contributed by atoms with E-state index in [0.717, 1.165) is 22.3 Å². The first kappa shape index (κ1) is 21.0. The highest BCUT2D eigenvalue weighted by Gasteiger charge is 2.15. The molecule has 2 aromatic rings. The summed E-state index contributed by atoms with van der Waals surface area (Å²) < 4.78 is 4.88. The first-order chi connectivity index (χ1) is 13.2. The van der Waals surface area contributed by atoms with Gasteiger partial charge in [0.05, 0.1) is 6.54 Å². The molecule has 2 amide bonds. The fraction of sp³-hybridized carbons (Fsp3) is 0.286. The summed E-state index contributed by atoms with van der Waals surface area (Å²) in [5.74, 6) is -2.04. The van der Waals surface area contributed by atoms with Crippen LogP contribution in [0.2, 0.25) is 0 Å². The van der Waals surface area contributed by atoms with Gasteiger partial charge in [0.25, 0.3) is 5.91 Å². The van der Waals surface area contributed by atoms with Gasteiger partial charge in [-0.15, -0.1) is 0 Å². The average molecular weight is 384 g/mol. The number of aryl methyl sites for hydroxylation is 4. The maximum absolute atomic E-state index is 12.1. The molecule has 0 saturated carbocycles.